The van der Waals surface area contributed by atoms with Crippen LogP contribution in [0.1, 0.15) is 30.3 Å². The number of hydrogen-bond acceptors (Lipinski definition) is 6. The molecular formula is C12H20N6O. The lowest BCUT2D eigenvalue weighted by molar-refractivity contribution is 0.0942. The average molecular weight is 264 g/mol. The van der Waals surface area contributed by atoms with Gasteiger partial charge in [0.1, 0.15) is 5.69 Å². The minimum absolute atomic E-state index is 0.226. The van der Waals surface area contributed by atoms with E-state index in [1.165, 1.54) is 25.2 Å². The highest BCUT2D eigenvalue weighted by Crippen LogP contribution is 2.25. The quantitative estimate of drug-likeness (QED) is 0.473. The maximum absolute atomic E-state index is 11.9. The van der Waals surface area contributed by atoms with Gasteiger partial charge < -0.3 is 10.7 Å². The van der Waals surface area contributed by atoms with Crippen LogP contribution in [0.4, 0.5) is 5.82 Å². The fraction of sp³-hybridized carbons (Fsp3) is 0.583. The van der Waals surface area contributed by atoms with Crippen LogP contribution in [0.15, 0.2) is 12.4 Å². The van der Waals surface area contributed by atoms with E-state index >= 15 is 0 Å². The molecule has 0 saturated heterocycles. The molecule has 2 rings (SSSR count). The largest absolute Gasteiger partial charge is 0.349 e. The van der Waals surface area contributed by atoms with Crippen molar-refractivity contribution in [1.82, 2.24) is 20.2 Å². The van der Waals surface area contributed by atoms with Crippen LogP contribution in [-0.2, 0) is 0 Å². The molecule has 0 aromatic carbocycles. The molecule has 1 fully saturated rings. The van der Waals surface area contributed by atoms with Gasteiger partial charge in [-0.2, -0.15) is 0 Å². The van der Waals surface area contributed by atoms with Crippen LogP contribution in [0.3, 0.4) is 0 Å². The summed E-state index contributed by atoms with van der Waals surface area (Å²) in [4.78, 5) is 22.2. The molecule has 1 aliphatic rings. The van der Waals surface area contributed by atoms with Crippen LogP contribution < -0.4 is 16.6 Å². The van der Waals surface area contributed by atoms with Gasteiger partial charge in [-0.15, -0.1) is 0 Å². The van der Waals surface area contributed by atoms with E-state index < -0.39 is 0 Å². The van der Waals surface area contributed by atoms with Crippen LogP contribution in [0.5, 0.6) is 0 Å². The number of aromatic nitrogens is 2. The van der Waals surface area contributed by atoms with Gasteiger partial charge in [-0.25, -0.2) is 10.8 Å². The molecule has 1 aromatic heterocycles. The Morgan fingerprint density at radius 2 is 2.32 bits per heavy atom. The molecule has 1 amide bonds. The van der Waals surface area contributed by atoms with Crippen molar-refractivity contribution < 1.29 is 4.79 Å². The predicted molar refractivity (Wildman–Crippen MR) is 72.4 cm³/mol. The van der Waals surface area contributed by atoms with Crippen molar-refractivity contribution in [3.63, 3.8) is 0 Å². The molecule has 0 spiro atoms. The van der Waals surface area contributed by atoms with E-state index in [2.05, 4.69) is 32.5 Å². The first-order valence-electron chi connectivity index (χ1n) is 6.55. The van der Waals surface area contributed by atoms with Gasteiger partial charge in [-0.05, 0) is 19.4 Å². The summed E-state index contributed by atoms with van der Waals surface area (Å²) in [6.45, 7) is 4.65. The van der Waals surface area contributed by atoms with Crippen LogP contribution in [0.2, 0.25) is 0 Å². The first-order valence-corrected chi connectivity index (χ1v) is 6.55. The lowest BCUT2D eigenvalue weighted by Gasteiger charge is -2.19. The molecule has 0 aliphatic heterocycles. The molecule has 4 N–H and O–H groups in total. The van der Waals surface area contributed by atoms with E-state index in [0.29, 0.717) is 18.4 Å². The number of carbonyl (C=O) groups is 1. The van der Waals surface area contributed by atoms with E-state index in [1.54, 1.807) is 0 Å². The summed E-state index contributed by atoms with van der Waals surface area (Å²) in [6, 6.07) is 0.714. The van der Waals surface area contributed by atoms with E-state index in [1.807, 2.05) is 0 Å². The van der Waals surface area contributed by atoms with E-state index in [9.17, 15) is 4.79 Å². The van der Waals surface area contributed by atoms with Gasteiger partial charge in [0.05, 0.1) is 12.4 Å². The Kier molecular flexibility index (Phi) is 4.64. The summed E-state index contributed by atoms with van der Waals surface area (Å²) in [7, 11) is 0. The first-order chi connectivity index (χ1) is 9.24. The topological polar surface area (TPSA) is 96.2 Å². The summed E-state index contributed by atoms with van der Waals surface area (Å²) < 4.78 is 0. The number of anilines is 1. The second-order valence-corrected chi connectivity index (χ2v) is 4.55. The monoisotopic (exact) mass is 264 g/mol. The highest BCUT2D eigenvalue weighted by Gasteiger charge is 2.27. The van der Waals surface area contributed by atoms with Gasteiger partial charge in [0.15, 0.2) is 5.82 Å². The number of rotatable bonds is 7. The van der Waals surface area contributed by atoms with Crippen molar-refractivity contribution in [3.05, 3.63) is 18.1 Å². The molecule has 0 bridgehead atoms. The Morgan fingerprint density at radius 3 is 2.95 bits per heavy atom. The first kappa shape index (κ1) is 13.7. The number of likely N-dealkylation sites (N-methyl/N-ethyl adjacent to an activating group) is 1. The molecule has 0 atom stereocenters. The van der Waals surface area contributed by atoms with Gasteiger partial charge in [-0.1, -0.05) is 6.92 Å². The summed E-state index contributed by atoms with van der Waals surface area (Å²) in [5.74, 6) is 5.38. The molecule has 7 nitrogen and oxygen atoms in total. The SMILES string of the molecule is CCN(CCNC(=O)c1cncc(NN)n1)C1CC1. The fourth-order valence-corrected chi connectivity index (χ4v) is 1.99. The summed E-state index contributed by atoms with van der Waals surface area (Å²) >= 11 is 0. The normalized spacial score (nSPS) is 14.5. The highest BCUT2D eigenvalue weighted by molar-refractivity contribution is 5.92. The number of hydrazine groups is 1. The average Bonchev–Trinajstić information content (AvgIpc) is 3.28. The Morgan fingerprint density at radius 1 is 1.53 bits per heavy atom. The zero-order chi connectivity index (χ0) is 13.7. The molecule has 0 radical (unpaired) electrons. The molecule has 19 heavy (non-hydrogen) atoms. The second kappa shape index (κ2) is 6.44. The van der Waals surface area contributed by atoms with Crippen LogP contribution >= 0.6 is 0 Å². The summed E-state index contributed by atoms with van der Waals surface area (Å²) in [5.41, 5.74) is 2.64. The smallest absolute Gasteiger partial charge is 0.271 e. The van der Waals surface area contributed by atoms with Gasteiger partial charge >= 0.3 is 0 Å². The molecule has 1 heterocycles. The highest BCUT2D eigenvalue weighted by atomic mass is 16.1. The van der Waals surface area contributed by atoms with Gasteiger partial charge in [0.25, 0.3) is 5.91 Å². The van der Waals surface area contributed by atoms with Crippen molar-refractivity contribution in [1.29, 1.82) is 0 Å². The lowest BCUT2D eigenvalue weighted by Crippen LogP contribution is -2.36. The third kappa shape index (κ3) is 3.87. The fourth-order valence-electron chi connectivity index (χ4n) is 1.99. The minimum atomic E-state index is -0.226. The molecule has 1 aliphatic carbocycles. The Balaban J connectivity index is 1.79. The van der Waals surface area contributed by atoms with Gasteiger partial charge in [0.2, 0.25) is 0 Å². The third-order valence-corrected chi connectivity index (χ3v) is 3.17. The van der Waals surface area contributed by atoms with E-state index in [4.69, 9.17) is 5.84 Å². The summed E-state index contributed by atoms with van der Waals surface area (Å²) in [6.07, 6.45) is 5.44. The van der Waals surface area contributed by atoms with Crippen molar-refractivity contribution in [2.75, 3.05) is 25.1 Å². The van der Waals surface area contributed by atoms with Crippen molar-refractivity contribution in [2.45, 2.75) is 25.8 Å². The standard InChI is InChI=1S/C12H20N6O/c1-2-18(9-3-4-9)6-5-15-12(19)10-7-14-8-11(16-10)17-13/h7-9H,2-6,13H2,1H3,(H,15,19)(H,16,17). The number of nitrogen functional groups attached to an aromatic ring is 1. The number of carbonyl (C=O) groups excluding carboxylic acids is 1. The summed E-state index contributed by atoms with van der Waals surface area (Å²) in [5, 5.41) is 2.85. The van der Waals surface area contributed by atoms with Crippen molar-refractivity contribution >= 4 is 11.7 Å². The predicted octanol–water partition coefficient (Wildman–Crippen LogP) is -0.0237. The molecule has 0 unspecified atom stereocenters. The number of amides is 1. The van der Waals surface area contributed by atoms with E-state index in [-0.39, 0.29) is 11.6 Å². The number of hydrogen-bond donors (Lipinski definition) is 3. The molecular weight excluding hydrogens is 244 g/mol. The number of nitrogens with one attached hydrogen (secondary N) is 2. The lowest BCUT2D eigenvalue weighted by atomic mass is 10.4. The van der Waals surface area contributed by atoms with Crippen LogP contribution in [0, 0.1) is 0 Å². The van der Waals surface area contributed by atoms with Gasteiger partial charge in [-0.3, -0.25) is 14.7 Å². The molecule has 1 aromatic rings. The minimum Gasteiger partial charge on any atom is -0.349 e. The van der Waals surface area contributed by atoms with Crippen molar-refractivity contribution in [2.24, 2.45) is 5.84 Å². The second-order valence-electron chi connectivity index (χ2n) is 4.55. The zero-order valence-electron chi connectivity index (χ0n) is 11.1. The van der Waals surface area contributed by atoms with Crippen LogP contribution in [0.25, 0.3) is 0 Å². The molecule has 7 heteroatoms. The Labute approximate surface area is 112 Å². The van der Waals surface area contributed by atoms with E-state index in [0.717, 1.165) is 13.1 Å². The van der Waals surface area contributed by atoms with Gasteiger partial charge in [0, 0.05) is 19.1 Å². The number of nitrogens with two attached hydrogens (primary N) is 1. The maximum atomic E-state index is 11.9. The maximum Gasteiger partial charge on any atom is 0.271 e. The van der Waals surface area contributed by atoms with Crippen LogP contribution in [-0.4, -0.2) is 46.5 Å². The Bertz CT molecular complexity index is 434. The molecule has 1 saturated carbocycles. The number of nitrogens with zero attached hydrogens (tertiary/aromatic N) is 3. The molecule has 104 valence electrons. The zero-order valence-corrected chi connectivity index (χ0v) is 11.1. The Hall–Kier alpha value is -1.73. The van der Waals surface area contributed by atoms with Crippen molar-refractivity contribution in [3.8, 4) is 0 Å². The third-order valence-electron chi connectivity index (χ3n) is 3.17.